The van der Waals surface area contributed by atoms with Gasteiger partial charge in [-0.1, -0.05) is 78.4 Å². The highest BCUT2D eigenvalue weighted by Gasteiger charge is 2.23. The molecule has 1 atom stereocenters. The fraction of sp³-hybridized carbons (Fsp3) is 0.167. The smallest absolute Gasteiger partial charge is 0.127 e. The number of aromatic nitrogens is 2. The summed E-state index contributed by atoms with van der Waals surface area (Å²) in [5, 5.41) is 0.0917. The van der Waals surface area contributed by atoms with Crippen LogP contribution in [0.1, 0.15) is 28.6 Å². The zero-order valence-corrected chi connectivity index (χ0v) is 20.1. The zero-order valence-electron chi connectivity index (χ0n) is 19.3. The van der Waals surface area contributed by atoms with E-state index < -0.39 is 0 Å². The molecular formula is C30H28N2OS. The highest BCUT2D eigenvalue weighted by atomic mass is 32.2. The normalized spacial score (nSPS) is 12.0. The molecule has 4 aromatic carbocycles. The second kappa shape index (κ2) is 10.6. The number of hydrogen-bond acceptors (Lipinski definition) is 3. The van der Waals surface area contributed by atoms with Gasteiger partial charge in [-0.15, -0.1) is 11.8 Å². The second-order valence-electron chi connectivity index (χ2n) is 8.35. The Morgan fingerprint density at radius 1 is 0.794 bits per heavy atom. The Hall–Kier alpha value is -3.50. The number of benzene rings is 4. The van der Waals surface area contributed by atoms with Gasteiger partial charge in [0.15, 0.2) is 0 Å². The summed E-state index contributed by atoms with van der Waals surface area (Å²) in [5.74, 6) is 2.00. The maximum atomic E-state index is 6.01. The van der Waals surface area contributed by atoms with Crippen molar-refractivity contribution < 1.29 is 4.74 Å². The van der Waals surface area contributed by atoms with Crippen LogP contribution in [0.4, 0.5) is 0 Å². The quantitative estimate of drug-likeness (QED) is 0.165. The minimum atomic E-state index is 0.0917. The third kappa shape index (κ3) is 5.18. The third-order valence-electron chi connectivity index (χ3n) is 5.83. The Morgan fingerprint density at radius 3 is 2.24 bits per heavy atom. The van der Waals surface area contributed by atoms with E-state index in [2.05, 4.69) is 109 Å². The summed E-state index contributed by atoms with van der Waals surface area (Å²) in [6.45, 7) is 3.60. The van der Waals surface area contributed by atoms with Gasteiger partial charge in [-0.2, -0.15) is 0 Å². The molecule has 170 valence electrons. The number of nitrogens with zero attached hydrogens (tertiary/aromatic N) is 2. The van der Waals surface area contributed by atoms with E-state index in [0.717, 1.165) is 30.1 Å². The van der Waals surface area contributed by atoms with Gasteiger partial charge in [0.05, 0.1) is 22.9 Å². The van der Waals surface area contributed by atoms with Crippen LogP contribution in [-0.4, -0.2) is 16.2 Å². The van der Waals surface area contributed by atoms with Gasteiger partial charge in [-0.3, -0.25) is 0 Å². The monoisotopic (exact) mass is 464 g/mol. The van der Waals surface area contributed by atoms with E-state index in [1.54, 1.807) is 0 Å². The van der Waals surface area contributed by atoms with Crippen LogP contribution >= 0.6 is 11.8 Å². The molecule has 0 aliphatic carbocycles. The fourth-order valence-electron chi connectivity index (χ4n) is 4.11. The lowest BCUT2D eigenvalue weighted by Crippen LogP contribution is -2.11. The van der Waals surface area contributed by atoms with Gasteiger partial charge in [0, 0.05) is 11.4 Å². The molecule has 34 heavy (non-hydrogen) atoms. The standard InChI is InChI=1S/C30H28N2OS/c1-23-17-19-25(20-18-23)33-22-10-21-32-28-16-9-8-15-27(28)31-30(32)29(24-11-4-2-5-12-24)34-26-13-6-3-7-14-26/h2-9,11-20,29H,10,21-22H2,1H3. The Morgan fingerprint density at radius 2 is 1.47 bits per heavy atom. The average Bonchev–Trinajstić information content (AvgIpc) is 3.25. The summed E-state index contributed by atoms with van der Waals surface area (Å²) >= 11 is 1.85. The SMILES string of the molecule is Cc1ccc(OCCCn2c(C(Sc3ccccc3)c3ccccc3)nc3ccccc32)cc1. The van der Waals surface area contributed by atoms with Gasteiger partial charge in [0.2, 0.25) is 0 Å². The lowest BCUT2D eigenvalue weighted by atomic mass is 10.1. The maximum absolute atomic E-state index is 6.01. The highest BCUT2D eigenvalue weighted by Crippen LogP contribution is 2.41. The minimum absolute atomic E-state index is 0.0917. The molecular weight excluding hydrogens is 436 g/mol. The van der Waals surface area contributed by atoms with Crippen molar-refractivity contribution in [3.8, 4) is 5.75 Å². The molecule has 0 spiro atoms. The largest absolute Gasteiger partial charge is 0.494 e. The Bertz CT molecular complexity index is 1330. The summed E-state index contributed by atoms with van der Waals surface area (Å²) in [7, 11) is 0. The van der Waals surface area contributed by atoms with Gasteiger partial charge in [-0.05, 0) is 55.3 Å². The Labute approximate surface area is 205 Å². The second-order valence-corrected chi connectivity index (χ2v) is 9.53. The third-order valence-corrected chi connectivity index (χ3v) is 7.10. The Balaban J connectivity index is 1.44. The lowest BCUT2D eigenvalue weighted by molar-refractivity contribution is 0.302. The van der Waals surface area contributed by atoms with Gasteiger partial charge in [0.25, 0.3) is 0 Å². The number of para-hydroxylation sites is 2. The molecule has 4 heteroatoms. The van der Waals surface area contributed by atoms with E-state index >= 15 is 0 Å². The highest BCUT2D eigenvalue weighted by molar-refractivity contribution is 7.99. The van der Waals surface area contributed by atoms with Crippen molar-refractivity contribution in [1.29, 1.82) is 0 Å². The summed E-state index contributed by atoms with van der Waals surface area (Å²) < 4.78 is 8.39. The lowest BCUT2D eigenvalue weighted by Gasteiger charge is -2.19. The van der Waals surface area contributed by atoms with Crippen LogP contribution in [0.25, 0.3) is 11.0 Å². The molecule has 1 heterocycles. The number of imidazole rings is 1. The number of fused-ring (bicyclic) bond motifs is 1. The number of ether oxygens (including phenoxy) is 1. The van der Waals surface area contributed by atoms with E-state index in [0.29, 0.717) is 6.61 Å². The van der Waals surface area contributed by atoms with Crippen molar-refractivity contribution in [3.63, 3.8) is 0 Å². The van der Waals surface area contributed by atoms with Crippen molar-refractivity contribution in [2.45, 2.75) is 30.0 Å². The van der Waals surface area contributed by atoms with Crippen molar-refractivity contribution in [3.05, 3.63) is 126 Å². The van der Waals surface area contributed by atoms with Gasteiger partial charge in [0.1, 0.15) is 11.6 Å². The van der Waals surface area contributed by atoms with E-state index in [1.807, 2.05) is 23.9 Å². The molecule has 5 rings (SSSR count). The molecule has 0 saturated heterocycles. The predicted molar refractivity (Wildman–Crippen MR) is 142 cm³/mol. The number of aryl methyl sites for hydroxylation is 2. The average molecular weight is 465 g/mol. The first-order valence-corrected chi connectivity index (χ1v) is 12.6. The van der Waals surface area contributed by atoms with Crippen molar-refractivity contribution in [2.75, 3.05) is 6.61 Å². The van der Waals surface area contributed by atoms with Crippen LogP contribution in [0.5, 0.6) is 5.75 Å². The van der Waals surface area contributed by atoms with Gasteiger partial charge in [-0.25, -0.2) is 4.98 Å². The summed E-state index contributed by atoms with van der Waals surface area (Å²) in [5.41, 5.74) is 4.70. The predicted octanol–water partition coefficient (Wildman–Crippen LogP) is 7.70. The van der Waals surface area contributed by atoms with Crippen LogP contribution < -0.4 is 4.74 Å². The first-order chi connectivity index (χ1) is 16.8. The molecule has 0 N–H and O–H groups in total. The topological polar surface area (TPSA) is 27.1 Å². The molecule has 1 aromatic heterocycles. The minimum Gasteiger partial charge on any atom is -0.494 e. The van der Waals surface area contributed by atoms with Crippen LogP contribution in [0.2, 0.25) is 0 Å². The van der Waals surface area contributed by atoms with E-state index in [-0.39, 0.29) is 5.25 Å². The summed E-state index contributed by atoms with van der Waals surface area (Å²) in [6, 6.07) is 37.9. The van der Waals surface area contributed by atoms with Crippen LogP contribution in [0.3, 0.4) is 0 Å². The number of rotatable bonds is 9. The van der Waals surface area contributed by atoms with Crippen molar-refractivity contribution in [2.24, 2.45) is 0 Å². The molecule has 5 aromatic rings. The van der Waals surface area contributed by atoms with Gasteiger partial charge >= 0.3 is 0 Å². The fourth-order valence-corrected chi connectivity index (χ4v) is 5.27. The van der Waals surface area contributed by atoms with Crippen molar-refractivity contribution in [1.82, 2.24) is 9.55 Å². The molecule has 0 radical (unpaired) electrons. The van der Waals surface area contributed by atoms with Crippen molar-refractivity contribution >= 4 is 22.8 Å². The van der Waals surface area contributed by atoms with Crippen LogP contribution in [0.15, 0.2) is 114 Å². The maximum Gasteiger partial charge on any atom is 0.127 e. The zero-order chi connectivity index (χ0) is 23.2. The molecule has 0 aliphatic heterocycles. The van der Waals surface area contributed by atoms with E-state index in [4.69, 9.17) is 9.72 Å². The molecule has 0 saturated carbocycles. The summed E-state index contributed by atoms with van der Waals surface area (Å²) in [4.78, 5) is 6.37. The molecule has 3 nitrogen and oxygen atoms in total. The van der Waals surface area contributed by atoms with Gasteiger partial charge < -0.3 is 9.30 Å². The Kier molecular flexibility index (Phi) is 6.97. The van der Waals surface area contributed by atoms with Crippen LogP contribution in [-0.2, 0) is 6.54 Å². The summed E-state index contributed by atoms with van der Waals surface area (Å²) in [6.07, 6.45) is 0.902. The van der Waals surface area contributed by atoms with E-state index in [1.165, 1.54) is 21.5 Å². The molecule has 1 unspecified atom stereocenters. The molecule has 0 amide bonds. The molecule has 0 aliphatic rings. The molecule has 0 bridgehead atoms. The number of thioether (sulfide) groups is 1. The molecule has 0 fully saturated rings. The van der Waals surface area contributed by atoms with E-state index in [9.17, 15) is 0 Å². The van der Waals surface area contributed by atoms with Crippen LogP contribution in [0, 0.1) is 6.92 Å². The first-order valence-electron chi connectivity index (χ1n) is 11.7. The number of hydrogen-bond donors (Lipinski definition) is 0. The first kappa shape index (κ1) is 22.3.